The highest BCUT2D eigenvalue weighted by Crippen LogP contribution is 2.27. The Balaban J connectivity index is 1.55. The number of aromatic amines is 1. The van der Waals surface area contributed by atoms with Crippen molar-refractivity contribution in [3.8, 4) is 5.75 Å². The van der Waals surface area contributed by atoms with Crippen molar-refractivity contribution >= 4 is 33.6 Å². The van der Waals surface area contributed by atoms with Gasteiger partial charge in [-0.05, 0) is 59.5 Å². The summed E-state index contributed by atoms with van der Waals surface area (Å²) in [5.41, 5.74) is 4.96. The molecule has 0 radical (unpaired) electrons. The van der Waals surface area contributed by atoms with E-state index in [1.165, 1.54) is 22.2 Å². The van der Waals surface area contributed by atoms with Crippen LogP contribution in [-0.4, -0.2) is 17.1 Å². The highest BCUT2D eigenvalue weighted by atomic mass is 32.1. The van der Waals surface area contributed by atoms with Crippen molar-refractivity contribution in [1.29, 1.82) is 0 Å². The fourth-order valence-corrected chi connectivity index (χ4v) is 4.58. The van der Waals surface area contributed by atoms with E-state index in [0.717, 1.165) is 29.2 Å². The van der Waals surface area contributed by atoms with Crippen LogP contribution in [0.25, 0.3) is 10.9 Å². The first-order valence-electron chi connectivity index (χ1n) is 8.53. The molecule has 0 unspecified atom stereocenters. The van der Waals surface area contributed by atoms with Gasteiger partial charge in [0, 0.05) is 34.7 Å². The van der Waals surface area contributed by atoms with E-state index in [9.17, 15) is 0 Å². The van der Waals surface area contributed by atoms with Gasteiger partial charge >= 0.3 is 0 Å². The molecule has 2 N–H and O–H groups in total. The van der Waals surface area contributed by atoms with Crippen LogP contribution >= 0.6 is 22.7 Å². The predicted octanol–water partition coefficient (Wildman–Crippen LogP) is 5.08. The van der Waals surface area contributed by atoms with Gasteiger partial charge in [0.05, 0.1) is 13.2 Å². The van der Waals surface area contributed by atoms with Crippen LogP contribution in [0.15, 0.2) is 46.6 Å². The van der Waals surface area contributed by atoms with E-state index in [1.807, 2.05) is 17.6 Å². The molecule has 0 aliphatic heterocycles. The Morgan fingerprint density at radius 1 is 1.27 bits per heavy atom. The van der Waals surface area contributed by atoms with E-state index >= 15 is 0 Å². The minimum atomic E-state index is 0.213. The zero-order valence-corrected chi connectivity index (χ0v) is 16.4. The number of thiophene rings is 1. The molecule has 3 heterocycles. The van der Waals surface area contributed by atoms with E-state index in [1.54, 1.807) is 29.8 Å². The smallest absolute Gasteiger partial charge is 0.119 e. The van der Waals surface area contributed by atoms with Crippen LogP contribution in [0, 0.1) is 6.92 Å². The van der Waals surface area contributed by atoms with Gasteiger partial charge in [0.1, 0.15) is 10.8 Å². The van der Waals surface area contributed by atoms with Gasteiger partial charge in [0.15, 0.2) is 0 Å². The van der Waals surface area contributed by atoms with E-state index in [2.05, 4.69) is 51.2 Å². The number of hydrogen-bond acceptors (Lipinski definition) is 5. The molecule has 0 saturated carbocycles. The number of aryl methyl sites for hydroxylation is 1. The molecule has 4 rings (SSSR count). The molecular weight excluding hydrogens is 362 g/mol. The van der Waals surface area contributed by atoms with Crippen LogP contribution in [0.1, 0.15) is 27.9 Å². The molecule has 1 aromatic carbocycles. The Labute approximate surface area is 160 Å². The van der Waals surface area contributed by atoms with E-state index in [4.69, 9.17) is 4.74 Å². The Bertz CT molecular complexity index is 974. The topological polar surface area (TPSA) is 49.9 Å². The van der Waals surface area contributed by atoms with E-state index < -0.39 is 0 Å². The second kappa shape index (κ2) is 7.61. The zero-order chi connectivity index (χ0) is 17.9. The lowest BCUT2D eigenvalue weighted by atomic mass is 10.1. The Kier molecular flexibility index (Phi) is 5.06. The summed E-state index contributed by atoms with van der Waals surface area (Å²) in [5.74, 6) is 0.886. The Morgan fingerprint density at radius 3 is 2.92 bits per heavy atom. The standard InChI is InChI=1S/C20H21N3OS2/c1-13-16-10-15(24-2)3-4-17(16)23-19(13)11-22-18(20-21-6-8-26-20)9-14-5-7-25-12-14/h3-8,10,12,18,22-23H,9,11H2,1-2H3/t18-/m0/s1. The van der Waals surface area contributed by atoms with Gasteiger partial charge in [-0.2, -0.15) is 11.3 Å². The van der Waals surface area contributed by atoms with Crippen molar-refractivity contribution in [2.45, 2.75) is 25.9 Å². The van der Waals surface area contributed by atoms with Gasteiger partial charge in [0.2, 0.25) is 0 Å². The molecule has 0 spiro atoms. The number of aromatic nitrogens is 2. The van der Waals surface area contributed by atoms with E-state index in [0.29, 0.717) is 0 Å². The summed E-state index contributed by atoms with van der Waals surface area (Å²) >= 11 is 3.44. The molecule has 0 amide bonds. The molecule has 0 bridgehead atoms. The van der Waals surface area contributed by atoms with E-state index in [-0.39, 0.29) is 6.04 Å². The lowest BCUT2D eigenvalue weighted by Gasteiger charge is -2.16. The molecule has 0 saturated heterocycles. The van der Waals surface area contributed by atoms with Crippen LogP contribution < -0.4 is 10.1 Å². The van der Waals surface area contributed by atoms with Crippen LogP contribution in [0.5, 0.6) is 5.75 Å². The fourth-order valence-electron chi connectivity index (χ4n) is 3.19. The zero-order valence-electron chi connectivity index (χ0n) is 14.8. The summed E-state index contributed by atoms with van der Waals surface area (Å²) in [4.78, 5) is 8.07. The largest absolute Gasteiger partial charge is 0.497 e. The maximum Gasteiger partial charge on any atom is 0.119 e. The number of methoxy groups -OCH3 is 1. The highest BCUT2D eigenvalue weighted by Gasteiger charge is 2.16. The highest BCUT2D eigenvalue weighted by molar-refractivity contribution is 7.09. The maximum absolute atomic E-state index is 5.36. The summed E-state index contributed by atoms with van der Waals surface area (Å²) < 4.78 is 5.36. The first kappa shape index (κ1) is 17.3. The van der Waals surface area contributed by atoms with Crippen molar-refractivity contribution in [2.24, 2.45) is 0 Å². The number of thiazole rings is 1. The summed E-state index contributed by atoms with van der Waals surface area (Å²) in [7, 11) is 1.70. The third-order valence-corrected chi connectivity index (χ3v) is 6.28. The molecule has 6 heteroatoms. The predicted molar refractivity (Wildman–Crippen MR) is 109 cm³/mol. The first-order chi connectivity index (χ1) is 12.7. The molecule has 4 aromatic rings. The summed E-state index contributed by atoms with van der Waals surface area (Å²) in [6.07, 6.45) is 2.83. The van der Waals surface area contributed by atoms with Crippen LogP contribution in [0.4, 0.5) is 0 Å². The Hall–Kier alpha value is -2.15. The van der Waals surface area contributed by atoms with Crippen molar-refractivity contribution in [2.75, 3.05) is 7.11 Å². The number of hydrogen-bond donors (Lipinski definition) is 2. The molecule has 0 aliphatic rings. The van der Waals surface area contributed by atoms with Gasteiger partial charge in [-0.1, -0.05) is 0 Å². The number of H-pyrrole nitrogens is 1. The lowest BCUT2D eigenvalue weighted by molar-refractivity contribution is 0.415. The van der Waals surface area contributed by atoms with Crippen LogP contribution in [0.3, 0.4) is 0 Å². The minimum Gasteiger partial charge on any atom is -0.497 e. The van der Waals surface area contributed by atoms with Crippen molar-refractivity contribution in [3.05, 3.63) is 68.4 Å². The maximum atomic E-state index is 5.36. The van der Waals surface area contributed by atoms with Gasteiger partial charge in [-0.25, -0.2) is 4.98 Å². The molecule has 134 valence electrons. The Morgan fingerprint density at radius 2 is 2.19 bits per heavy atom. The number of ether oxygens (including phenoxy) is 1. The molecule has 0 aliphatic carbocycles. The third-order valence-electron chi connectivity index (χ3n) is 4.66. The van der Waals surface area contributed by atoms with Crippen LogP contribution in [0.2, 0.25) is 0 Å². The normalized spacial score (nSPS) is 12.5. The second-order valence-electron chi connectivity index (χ2n) is 6.28. The van der Waals surface area contributed by atoms with Gasteiger partial charge in [-0.3, -0.25) is 0 Å². The van der Waals surface area contributed by atoms with Crippen molar-refractivity contribution in [1.82, 2.24) is 15.3 Å². The van der Waals surface area contributed by atoms with Crippen LogP contribution in [-0.2, 0) is 13.0 Å². The number of nitrogens with one attached hydrogen (secondary N) is 2. The minimum absolute atomic E-state index is 0.213. The SMILES string of the molecule is COc1ccc2[nH]c(CN[C@@H](Cc3ccsc3)c3nccs3)c(C)c2c1. The molecule has 1 atom stereocenters. The number of benzene rings is 1. The molecule has 4 nitrogen and oxygen atoms in total. The van der Waals surface area contributed by atoms with Gasteiger partial charge < -0.3 is 15.0 Å². The lowest BCUT2D eigenvalue weighted by Crippen LogP contribution is -2.23. The van der Waals surface area contributed by atoms with Crippen molar-refractivity contribution in [3.63, 3.8) is 0 Å². The summed E-state index contributed by atoms with van der Waals surface area (Å²) in [5, 5.41) is 12.4. The quantitative estimate of drug-likeness (QED) is 0.468. The number of fused-ring (bicyclic) bond motifs is 1. The average Bonchev–Trinajstić information content (AvgIpc) is 3.41. The average molecular weight is 384 g/mol. The fraction of sp³-hybridized carbons (Fsp3) is 0.250. The molecule has 0 fully saturated rings. The second-order valence-corrected chi connectivity index (χ2v) is 7.99. The molecule has 26 heavy (non-hydrogen) atoms. The summed E-state index contributed by atoms with van der Waals surface area (Å²) in [6, 6.07) is 8.56. The number of rotatable bonds is 7. The van der Waals surface area contributed by atoms with Crippen molar-refractivity contribution < 1.29 is 4.74 Å². The first-order valence-corrected chi connectivity index (χ1v) is 10.4. The number of nitrogens with zero attached hydrogens (tertiary/aromatic N) is 1. The molecule has 3 aromatic heterocycles. The monoisotopic (exact) mass is 383 g/mol. The summed E-state index contributed by atoms with van der Waals surface area (Å²) in [6.45, 7) is 2.93. The van der Waals surface area contributed by atoms with Gasteiger partial charge in [0.25, 0.3) is 0 Å². The molecular formula is C20H21N3OS2. The third kappa shape index (κ3) is 3.53. The van der Waals surface area contributed by atoms with Gasteiger partial charge in [-0.15, -0.1) is 11.3 Å².